The number of hydrogen-bond donors (Lipinski definition) is 1. The topological polar surface area (TPSA) is 26.7 Å². The normalized spacial score (nSPS) is 30.6. The van der Waals surface area contributed by atoms with Gasteiger partial charge in [-0.25, -0.2) is 0 Å². The zero-order valence-corrected chi connectivity index (χ0v) is 15.7. The Morgan fingerprint density at radius 3 is 2.24 bits per heavy atom. The number of piperazine rings is 1. The van der Waals surface area contributed by atoms with Crippen molar-refractivity contribution in [2.45, 2.75) is 62.4 Å². The molecule has 138 valence electrons. The molecule has 25 heavy (non-hydrogen) atoms. The molecule has 3 unspecified atom stereocenters. The molecule has 1 aromatic rings. The Bertz CT molecular complexity index is 542. The van der Waals surface area contributed by atoms with Gasteiger partial charge in [-0.2, -0.15) is 0 Å². The Kier molecular flexibility index (Phi) is 5.17. The standard InChI is InChI=1S/C22H34N2O/c1-23-15-20-11-12-21(16-23)24(20)14-13-22(17-25,19-9-5-6-10-19)18-7-3-2-4-8-18/h2-4,7-8,19-21,25H,5-6,9-17H2,1H3. The second-order valence-corrected chi connectivity index (χ2v) is 8.76. The number of rotatable bonds is 6. The SMILES string of the molecule is CN1CC2CCC(C1)N2CCC(CO)(c1ccccc1)C1CCCC1. The van der Waals surface area contributed by atoms with Crippen molar-refractivity contribution in [2.75, 3.05) is 33.3 Å². The lowest BCUT2D eigenvalue weighted by atomic mass is 9.67. The summed E-state index contributed by atoms with van der Waals surface area (Å²) in [5.74, 6) is 0.644. The van der Waals surface area contributed by atoms with E-state index in [1.54, 1.807) is 0 Å². The van der Waals surface area contributed by atoms with E-state index < -0.39 is 0 Å². The first-order valence-electron chi connectivity index (χ1n) is 10.3. The summed E-state index contributed by atoms with van der Waals surface area (Å²) in [4.78, 5) is 5.29. The summed E-state index contributed by atoms with van der Waals surface area (Å²) in [5, 5.41) is 10.6. The van der Waals surface area contributed by atoms with E-state index in [-0.39, 0.29) is 5.41 Å². The van der Waals surface area contributed by atoms with Gasteiger partial charge in [0.05, 0.1) is 6.61 Å². The largest absolute Gasteiger partial charge is 0.395 e. The zero-order valence-electron chi connectivity index (χ0n) is 15.7. The van der Waals surface area contributed by atoms with E-state index in [0.29, 0.717) is 12.5 Å². The molecular weight excluding hydrogens is 308 g/mol. The fraction of sp³-hybridized carbons (Fsp3) is 0.727. The quantitative estimate of drug-likeness (QED) is 0.859. The third kappa shape index (κ3) is 3.27. The fourth-order valence-corrected chi connectivity index (χ4v) is 6.03. The molecule has 0 radical (unpaired) electrons. The van der Waals surface area contributed by atoms with Crippen molar-refractivity contribution in [3.63, 3.8) is 0 Å². The Morgan fingerprint density at radius 2 is 1.64 bits per heavy atom. The van der Waals surface area contributed by atoms with E-state index in [1.807, 2.05) is 0 Å². The van der Waals surface area contributed by atoms with Gasteiger partial charge in [0.15, 0.2) is 0 Å². The van der Waals surface area contributed by atoms with E-state index in [2.05, 4.69) is 47.2 Å². The van der Waals surface area contributed by atoms with Gasteiger partial charge >= 0.3 is 0 Å². The van der Waals surface area contributed by atoms with Crippen molar-refractivity contribution in [1.82, 2.24) is 9.80 Å². The fourth-order valence-electron chi connectivity index (χ4n) is 6.03. The Balaban J connectivity index is 1.55. The van der Waals surface area contributed by atoms with Gasteiger partial charge in [0.25, 0.3) is 0 Å². The average Bonchev–Trinajstić information content (AvgIpc) is 3.25. The molecule has 1 aromatic carbocycles. The number of aliphatic hydroxyl groups excluding tert-OH is 1. The van der Waals surface area contributed by atoms with Gasteiger partial charge in [-0.3, -0.25) is 4.90 Å². The minimum atomic E-state index is -0.0411. The molecule has 2 aliphatic heterocycles. The molecule has 0 spiro atoms. The maximum Gasteiger partial charge on any atom is 0.0531 e. The lowest BCUT2D eigenvalue weighted by Gasteiger charge is -2.44. The van der Waals surface area contributed by atoms with Crippen molar-refractivity contribution in [3.05, 3.63) is 35.9 Å². The number of benzene rings is 1. The lowest BCUT2D eigenvalue weighted by molar-refractivity contribution is 0.0557. The van der Waals surface area contributed by atoms with Gasteiger partial charge < -0.3 is 10.0 Å². The van der Waals surface area contributed by atoms with Crippen molar-refractivity contribution in [1.29, 1.82) is 0 Å². The van der Waals surface area contributed by atoms with Crippen LogP contribution in [0.2, 0.25) is 0 Å². The summed E-state index contributed by atoms with van der Waals surface area (Å²) in [5.41, 5.74) is 1.33. The maximum absolute atomic E-state index is 10.6. The van der Waals surface area contributed by atoms with Crippen LogP contribution in [0.25, 0.3) is 0 Å². The molecule has 1 N–H and O–H groups in total. The van der Waals surface area contributed by atoms with Crippen LogP contribution in [0.4, 0.5) is 0 Å². The van der Waals surface area contributed by atoms with Crippen LogP contribution in [-0.4, -0.2) is 60.3 Å². The lowest BCUT2D eigenvalue weighted by Crippen LogP contribution is -2.53. The average molecular weight is 343 g/mol. The van der Waals surface area contributed by atoms with Crippen molar-refractivity contribution < 1.29 is 5.11 Å². The van der Waals surface area contributed by atoms with Crippen LogP contribution in [-0.2, 0) is 5.41 Å². The first-order chi connectivity index (χ1) is 12.2. The third-order valence-corrected chi connectivity index (χ3v) is 7.40. The summed E-state index contributed by atoms with van der Waals surface area (Å²) < 4.78 is 0. The summed E-state index contributed by atoms with van der Waals surface area (Å²) in [6, 6.07) is 12.4. The van der Waals surface area contributed by atoms with E-state index in [4.69, 9.17) is 0 Å². The predicted octanol–water partition coefficient (Wildman–Crippen LogP) is 3.28. The highest BCUT2D eigenvalue weighted by Crippen LogP contribution is 2.45. The molecule has 1 aliphatic carbocycles. The van der Waals surface area contributed by atoms with Gasteiger partial charge in [-0.05, 0) is 57.2 Å². The number of nitrogens with zero attached hydrogens (tertiary/aromatic N) is 2. The van der Waals surface area contributed by atoms with Crippen LogP contribution in [0.5, 0.6) is 0 Å². The first-order valence-corrected chi connectivity index (χ1v) is 10.3. The summed E-state index contributed by atoms with van der Waals surface area (Å²) in [6.07, 6.45) is 9.05. The molecule has 3 aliphatic rings. The molecule has 2 heterocycles. The summed E-state index contributed by atoms with van der Waals surface area (Å²) >= 11 is 0. The number of likely N-dealkylation sites (N-methyl/N-ethyl adjacent to an activating group) is 1. The van der Waals surface area contributed by atoms with Crippen molar-refractivity contribution in [2.24, 2.45) is 5.92 Å². The second kappa shape index (κ2) is 7.38. The molecule has 0 aromatic heterocycles. The van der Waals surface area contributed by atoms with E-state index in [1.165, 1.54) is 57.2 Å². The summed E-state index contributed by atoms with van der Waals surface area (Å²) in [6.45, 7) is 3.88. The molecule has 3 atom stereocenters. The Hall–Kier alpha value is -0.900. The number of likely N-dealkylation sites (tertiary alicyclic amines) is 1. The molecule has 4 rings (SSSR count). The second-order valence-electron chi connectivity index (χ2n) is 8.76. The molecule has 1 saturated carbocycles. The molecule has 3 fully saturated rings. The van der Waals surface area contributed by atoms with Crippen LogP contribution >= 0.6 is 0 Å². The Labute approximate surface area is 153 Å². The van der Waals surface area contributed by atoms with Crippen molar-refractivity contribution in [3.8, 4) is 0 Å². The first kappa shape index (κ1) is 17.5. The smallest absolute Gasteiger partial charge is 0.0531 e. The van der Waals surface area contributed by atoms with Crippen LogP contribution in [0.1, 0.15) is 50.5 Å². The number of fused-ring (bicyclic) bond motifs is 2. The van der Waals surface area contributed by atoms with Crippen LogP contribution in [0.15, 0.2) is 30.3 Å². The van der Waals surface area contributed by atoms with E-state index in [0.717, 1.165) is 25.0 Å². The highest BCUT2D eigenvalue weighted by atomic mass is 16.3. The predicted molar refractivity (Wildman–Crippen MR) is 103 cm³/mol. The van der Waals surface area contributed by atoms with Crippen LogP contribution in [0, 0.1) is 5.92 Å². The zero-order chi connectivity index (χ0) is 17.3. The molecule has 2 saturated heterocycles. The third-order valence-electron chi connectivity index (χ3n) is 7.40. The van der Waals surface area contributed by atoms with Gasteiger partial charge in [-0.15, -0.1) is 0 Å². The van der Waals surface area contributed by atoms with Crippen LogP contribution < -0.4 is 0 Å². The van der Waals surface area contributed by atoms with Gasteiger partial charge in [0.1, 0.15) is 0 Å². The molecule has 0 amide bonds. The van der Waals surface area contributed by atoms with Gasteiger partial charge in [0.2, 0.25) is 0 Å². The molecule has 3 heteroatoms. The highest BCUT2D eigenvalue weighted by molar-refractivity contribution is 5.27. The van der Waals surface area contributed by atoms with Crippen LogP contribution in [0.3, 0.4) is 0 Å². The Morgan fingerprint density at radius 1 is 1.00 bits per heavy atom. The van der Waals surface area contributed by atoms with E-state index in [9.17, 15) is 5.11 Å². The monoisotopic (exact) mass is 342 g/mol. The van der Waals surface area contributed by atoms with Gasteiger partial charge in [0, 0.05) is 30.6 Å². The maximum atomic E-state index is 10.6. The highest BCUT2D eigenvalue weighted by Gasteiger charge is 2.44. The molecular formula is C22H34N2O. The number of aliphatic hydroxyl groups is 1. The van der Waals surface area contributed by atoms with E-state index >= 15 is 0 Å². The minimum Gasteiger partial charge on any atom is -0.395 e. The summed E-state index contributed by atoms with van der Waals surface area (Å²) in [7, 11) is 2.27. The van der Waals surface area contributed by atoms with Crippen molar-refractivity contribution >= 4 is 0 Å². The van der Waals surface area contributed by atoms with Gasteiger partial charge in [-0.1, -0.05) is 43.2 Å². The number of hydrogen-bond acceptors (Lipinski definition) is 3. The molecule has 3 nitrogen and oxygen atoms in total. The minimum absolute atomic E-state index is 0.0411. The molecule has 2 bridgehead atoms.